The first-order chi connectivity index (χ1) is 37.2. The molecule has 4 unspecified atom stereocenters. The van der Waals surface area contributed by atoms with Crippen molar-refractivity contribution in [2.75, 3.05) is 59.4 Å². The maximum absolute atomic E-state index is 11.3. The van der Waals surface area contributed by atoms with Crippen molar-refractivity contribution in [2.45, 2.75) is 283 Å². The van der Waals surface area contributed by atoms with Crippen molar-refractivity contribution in [1.82, 2.24) is 14.7 Å². The average molecular weight is 1060 g/mol. The molecule has 76 heavy (non-hydrogen) atoms. The fourth-order valence-corrected chi connectivity index (χ4v) is 9.72. The Kier molecular flexibility index (Phi) is 58.4. The van der Waals surface area contributed by atoms with E-state index in [1.165, 1.54) is 77.0 Å². The topological polar surface area (TPSA) is 90.6 Å². The van der Waals surface area contributed by atoms with Gasteiger partial charge in [-0.2, -0.15) is 0 Å². The second-order valence-electron chi connectivity index (χ2n) is 22.2. The van der Waals surface area contributed by atoms with Crippen LogP contribution < -0.4 is 0 Å². The highest BCUT2D eigenvalue weighted by Crippen LogP contribution is 2.16. The van der Waals surface area contributed by atoms with Gasteiger partial charge in [-0.25, -0.2) is 0 Å². The molecule has 0 radical (unpaired) electrons. The molecular formula is C69H127N3O4. The van der Waals surface area contributed by atoms with Crippen molar-refractivity contribution < 1.29 is 20.4 Å². The Labute approximate surface area is 472 Å². The molecule has 0 heterocycles. The number of aliphatic hydroxyl groups excluding tert-OH is 4. The van der Waals surface area contributed by atoms with Crippen LogP contribution in [0.1, 0.15) is 259 Å². The summed E-state index contributed by atoms with van der Waals surface area (Å²) in [6.45, 7) is 14.3. The second kappa shape index (κ2) is 60.3. The molecule has 0 fully saturated rings. The van der Waals surface area contributed by atoms with Gasteiger partial charge in [-0.1, -0.05) is 228 Å². The molecule has 0 aromatic heterocycles. The van der Waals surface area contributed by atoms with Crippen molar-refractivity contribution in [3.05, 3.63) is 97.2 Å². The van der Waals surface area contributed by atoms with E-state index >= 15 is 0 Å². The highest BCUT2D eigenvalue weighted by atomic mass is 16.3. The lowest BCUT2D eigenvalue weighted by Gasteiger charge is -2.31. The summed E-state index contributed by atoms with van der Waals surface area (Å²) in [4.78, 5) is 6.99. The van der Waals surface area contributed by atoms with Gasteiger partial charge in [0.2, 0.25) is 0 Å². The van der Waals surface area contributed by atoms with Crippen LogP contribution in [0.2, 0.25) is 0 Å². The Hall–Kier alpha value is -2.36. The summed E-state index contributed by atoms with van der Waals surface area (Å²) in [5.74, 6) is 0. The van der Waals surface area contributed by atoms with E-state index in [9.17, 15) is 20.4 Å². The number of allylic oxidation sites excluding steroid dienone is 16. The number of likely N-dealkylation sites (N-methyl/N-ethyl adjacent to an activating group) is 1. The first-order valence-corrected chi connectivity index (χ1v) is 32.3. The van der Waals surface area contributed by atoms with Crippen molar-refractivity contribution in [3.63, 3.8) is 0 Å². The van der Waals surface area contributed by atoms with Gasteiger partial charge >= 0.3 is 0 Å². The molecule has 0 saturated carbocycles. The van der Waals surface area contributed by atoms with Gasteiger partial charge in [0.05, 0.1) is 24.4 Å². The van der Waals surface area contributed by atoms with Gasteiger partial charge in [0.25, 0.3) is 0 Å². The predicted octanol–water partition coefficient (Wildman–Crippen LogP) is 17.5. The zero-order valence-corrected chi connectivity index (χ0v) is 50.8. The molecule has 0 spiro atoms. The van der Waals surface area contributed by atoms with Gasteiger partial charge < -0.3 is 25.3 Å². The van der Waals surface area contributed by atoms with Gasteiger partial charge in [-0.05, 0) is 135 Å². The molecule has 0 saturated heterocycles. The largest absolute Gasteiger partial charge is 0.392 e. The minimum atomic E-state index is -0.396. The van der Waals surface area contributed by atoms with Crippen molar-refractivity contribution in [3.8, 4) is 0 Å². The van der Waals surface area contributed by atoms with Crippen molar-refractivity contribution >= 4 is 0 Å². The van der Waals surface area contributed by atoms with E-state index in [-0.39, 0.29) is 0 Å². The Morgan fingerprint density at radius 2 is 0.474 bits per heavy atom. The van der Waals surface area contributed by atoms with Crippen molar-refractivity contribution in [1.29, 1.82) is 0 Å². The Morgan fingerprint density at radius 1 is 0.263 bits per heavy atom. The quantitative estimate of drug-likeness (QED) is 0.0356. The normalized spacial score (nSPS) is 14.6. The molecule has 0 aliphatic carbocycles. The fourth-order valence-electron chi connectivity index (χ4n) is 9.72. The minimum Gasteiger partial charge on any atom is -0.392 e. The van der Waals surface area contributed by atoms with E-state index in [1.807, 2.05) is 0 Å². The lowest BCUT2D eigenvalue weighted by Crippen LogP contribution is -2.44. The summed E-state index contributed by atoms with van der Waals surface area (Å²) >= 11 is 0. The monoisotopic (exact) mass is 1060 g/mol. The van der Waals surface area contributed by atoms with Crippen LogP contribution in [0.25, 0.3) is 0 Å². The van der Waals surface area contributed by atoms with Crippen LogP contribution in [0.5, 0.6) is 0 Å². The summed E-state index contributed by atoms with van der Waals surface area (Å²) in [5, 5.41) is 45.2. The van der Waals surface area contributed by atoms with Crippen LogP contribution >= 0.6 is 0 Å². The van der Waals surface area contributed by atoms with E-state index in [0.29, 0.717) is 26.2 Å². The molecule has 0 bridgehead atoms. The zero-order chi connectivity index (χ0) is 55.5. The van der Waals surface area contributed by atoms with E-state index in [2.05, 4.69) is 147 Å². The number of aliphatic hydroxyl groups is 4. The second-order valence-corrected chi connectivity index (χ2v) is 22.2. The van der Waals surface area contributed by atoms with Gasteiger partial charge in [0.1, 0.15) is 0 Å². The highest BCUT2D eigenvalue weighted by Gasteiger charge is 2.19. The number of unbranched alkanes of at least 4 members (excludes halogenated alkanes) is 20. The molecule has 0 aliphatic heterocycles. The minimum absolute atomic E-state index is 0.396. The van der Waals surface area contributed by atoms with Crippen LogP contribution in [0, 0.1) is 0 Å². The zero-order valence-electron chi connectivity index (χ0n) is 50.8. The summed E-state index contributed by atoms with van der Waals surface area (Å²) < 4.78 is 0. The molecule has 4 atom stereocenters. The highest BCUT2D eigenvalue weighted by molar-refractivity contribution is 4.95. The first kappa shape index (κ1) is 73.6. The molecule has 0 aromatic rings. The summed E-state index contributed by atoms with van der Waals surface area (Å²) in [6, 6.07) is 0. The molecule has 4 N–H and O–H groups in total. The molecular weight excluding hydrogens is 935 g/mol. The Bertz CT molecular complexity index is 1220. The smallest absolute Gasteiger partial charge is 0.0667 e. The molecule has 0 amide bonds. The van der Waals surface area contributed by atoms with E-state index in [0.717, 1.165) is 180 Å². The van der Waals surface area contributed by atoms with Crippen LogP contribution in [0.4, 0.5) is 0 Å². The van der Waals surface area contributed by atoms with Gasteiger partial charge in [-0.15, -0.1) is 0 Å². The third-order valence-electron chi connectivity index (χ3n) is 14.5. The number of hydrogen-bond acceptors (Lipinski definition) is 7. The van der Waals surface area contributed by atoms with Crippen LogP contribution in [-0.4, -0.2) is 119 Å². The number of rotatable bonds is 58. The molecule has 0 rings (SSSR count). The SMILES string of the molecule is CC/C=C\C/C=C\CCCCCCCC(O)CN(CCN(C)CCN(CC(O)CCCCCCC/C=C\C/C=C\CC)CC(O)CCCCCCC/C=C\C/C=C\CC)CC(O)CCCCCCC/C=C\C/C=C\CC. The average Bonchev–Trinajstić information content (AvgIpc) is 3.40. The third kappa shape index (κ3) is 56.4. The third-order valence-corrected chi connectivity index (χ3v) is 14.5. The summed E-state index contributed by atoms with van der Waals surface area (Å²) in [5.41, 5.74) is 0. The molecule has 442 valence electrons. The molecule has 0 aromatic carbocycles. The van der Waals surface area contributed by atoms with Crippen molar-refractivity contribution in [2.24, 2.45) is 0 Å². The van der Waals surface area contributed by atoms with E-state index < -0.39 is 24.4 Å². The van der Waals surface area contributed by atoms with Gasteiger partial charge in [0, 0.05) is 52.4 Å². The van der Waals surface area contributed by atoms with E-state index in [4.69, 9.17) is 0 Å². The molecule has 7 nitrogen and oxygen atoms in total. The van der Waals surface area contributed by atoms with E-state index in [1.54, 1.807) is 0 Å². The van der Waals surface area contributed by atoms with Crippen LogP contribution in [-0.2, 0) is 0 Å². The fraction of sp³-hybridized carbons (Fsp3) is 0.768. The molecule has 0 aliphatic rings. The molecule has 7 heteroatoms. The maximum atomic E-state index is 11.3. The van der Waals surface area contributed by atoms with Crippen LogP contribution in [0.3, 0.4) is 0 Å². The lowest BCUT2D eigenvalue weighted by molar-refractivity contribution is 0.0492. The standard InChI is InChI=1S/C69H127N3O4/c1-6-10-14-18-22-26-30-34-38-42-46-50-54-66(73)62-71(63-67(74)55-51-47-43-39-35-31-27-23-19-15-11-7-2)60-58-70(5)59-61-72(64-68(75)56-52-48-44-40-36-32-28-24-20-16-12-8-3)65-69(76)57-53-49-45-41-37-33-29-25-21-17-13-9-4/h10-17,22-29,66-69,73-76H,6-9,18-21,30-65H2,1-5H3/b14-10-,15-11-,16-12-,17-13-,26-22-,27-23-,28-24-,29-25-. The Morgan fingerprint density at radius 3 is 0.711 bits per heavy atom. The first-order valence-electron chi connectivity index (χ1n) is 32.3. The number of nitrogens with zero attached hydrogens (tertiary/aromatic N) is 3. The number of hydrogen-bond donors (Lipinski definition) is 4. The van der Waals surface area contributed by atoms with Gasteiger partial charge in [-0.3, -0.25) is 9.80 Å². The summed E-state index contributed by atoms with van der Waals surface area (Å²) in [7, 11) is 2.17. The van der Waals surface area contributed by atoms with Gasteiger partial charge in [0.15, 0.2) is 0 Å². The van der Waals surface area contributed by atoms with Crippen LogP contribution in [0.15, 0.2) is 97.2 Å². The predicted molar refractivity (Wildman–Crippen MR) is 336 cm³/mol. The summed E-state index contributed by atoms with van der Waals surface area (Å²) in [6.07, 6.45) is 74.6. The maximum Gasteiger partial charge on any atom is 0.0667 e. The lowest BCUT2D eigenvalue weighted by atomic mass is 10.0. The Balaban J connectivity index is 5.31.